The zero-order chi connectivity index (χ0) is 19.4. The zero-order valence-corrected chi connectivity index (χ0v) is 15.6. The number of carbonyl (C=O) groups excluding carboxylic acids is 1. The van der Waals surface area contributed by atoms with Crippen molar-refractivity contribution in [3.63, 3.8) is 0 Å². The summed E-state index contributed by atoms with van der Waals surface area (Å²) in [7, 11) is 1.58. The van der Waals surface area contributed by atoms with Gasteiger partial charge in [-0.2, -0.15) is 9.61 Å². The van der Waals surface area contributed by atoms with Crippen LogP contribution in [0.1, 0.15) is 22.8 Å². The lowest BCUT2D eigenvalue weighted by Gasteiger charge is -2.22. The average molecular weight is 393 g/mol. The molecule has 9 heteroatoms. The maximum Gasteiger partial charge on any atom is 0.343 e. The molecular weight excluding hydrogens is 375 g/mol. The first-order valence-corrected chi connectivity index (χ1v) is 8.60. The van der Waals surface area contributed by atoms with E-state index in [1.165, 1.54) is 21.7 Å². The highest BCUT2D eigenvalue weighted by atomic mass is 35.5. The molecule has 0 radical (unpaired) electrons. The summed E-state index contributed by atoms with van der Waals surface area (Å²) >= 11 is 6.11. The number of aromatic nitrogens is 3. The Labute approximate surface area is 160 Å². The van der Waals surface area contributed by atoms with E-state index in [1.54, 1.807) is 26.2 Å². The Morgan fingerprint density at radius 3 is 2.70 bits per heavy atom. The highest BCUT2D eigenvalue weighted by Gasteiger charge is 2.20. The van der Waals surface area contributed by atoms with E-state index in [9.17, 15) is 9.18 Å². The van der Waals surface area contributed by atoms with Crippen LogP contribution in [-0.2, 0) is 11.3 Å². The van der Waals surface area contributed by atoms with Crippen LogP contribution in [0.3, 0.4) is 0 Å². The van der Waals surface area contributed by atoms with E-state index < -0.39 is 12.8 Å². The van der Waals surface area contributed by atoms with Gasteiger partial charge in [-0.25, -0.2) is 14.2 Å². The quantitative estimate of drug-likeness (QED) is 0.348. The number of hydrogen-bond donors (Lipinski definition) is 0. The van der Waals surface area contributed by atoms with E-state index in [2.05, 4.69) is 10.1 Å². The van der Waals surface area contributed by atoms with Gasteiger partial charge in [0.25, 0.3) is 0 Å². The minimum atomic E-state index is -0.782. The molecule has 0 N–H and O–H groups in total. The van der Waals surface area contributed by atoms with Crippen molar-refractivity contribution in [2.45, 2.75) is 13.5 Å². The van der Waals surface area contributed by atoms with Crippen molar-refractivity contribution in [3.8, 4) is 5.75 Å². The molecule has 2 aromatic heterocycles. The summed E-state index contributed by atoms with van der Waals surface area (Å²) in [6.07, 6.45) is 1.34. The Hall–Kier alpha value is -2.87. The minimum Gasteiger partial charge on any atom is -0.497 e. The minimum absolute atomic E-state index is 0.122. The van der Waals surface area contributed by atoms with Crippen LogP contribution in [0.5, 0.6) is 5.75 Å². The van der Waals surface area contributed by atoms with Crippen molar-refractivity contribution in [1.29, 1.82) is 0 Å². The van der Waals surface area contributed by atoms with Crippen molar-refractivity contribution in [2.75, 3.05) is 25.4 Å². The third-order valence-electron chi connectivity index (χ3n) is 3.92. The van der Waals surface area contributed by atoms with Crippen LogP contribution in [0.15, 0.2) is 36.5 Å². The molecule has 0 saturated heterocycles. The van der Waals surface area contributed by atoms with Gasteiger partial charge in [0, 0.05) is 12.6 Å². The van der Waals surface area contributed by atoms with Crippen LogP contribution in [0.4, 0.5) is 10.2 Å². The van der Waals surface area contributed by atoms with E-state index in [4.69, 9.17) is 21.1 Å². The first-order valence-electron chi connectivity index (χ1n) is 8.22. The van der Waals surface area contributed by atoms with Gasteiger partial charge in [0.15, 0.2) is 12.4 Å². The molecule has 27 heavy (non-hydrogen) atoms. The third kappa shape index (κ3) is 3.95. The monoisotopic (exact) mass is 392 g/mol. The number of halogens is 2. The molecule has 3 aromatic rings. The van der Waals surface area contributed by atoms with E-state index >= 15 is 0 Å². The number of ether oxygens (including phenoxy) is 2. The van der Waals surface area contributed by atoms with Crippen LogP contribution in [0.25, 0.3) is 5.65 Å². The molecule has 3 rings (SSSR count). The lowest BCUT2D eigenvalue weighted by molar-refractivity contribution is 0.0528. The number of carbonyl (C=O) groups is 1. The van der Waals surface area contributed by atoms with E-state index in [0.29, 0.717) is 11.6 Å². The number of nitrogens with zero attached hydrogens (tertiary/aromatic N) is 4. The summed E-state index contributed by atoms with van der Waals surface area (Å²) in [6.45, 7) is 1.41. The van der Waals surface area contributed by atoms with Gasteiger partial charge < -0.3 is 14.4 Å². The van der Waals surface area contributed by atoms with Crippen LogP contribution >= 0.6 is 11.6 Å². The average Bonchev–Trinajstić information content (AvgIpc) is 3.10. The number of fused-ring (bicyclic) bond motifs is 1. The molecule has 2 heterocycles. The van der Waals surface area contributed by atoms with Gasteiger partial charge in [-0.05, 0) is 24.6 Å². The topological polar surface area (TPSA) is 69.0 Å². The second-order valence-corrected chi connectivity index (χ2v) is 6.00. The molecule has 7 nitrogen and oxygen atoms in total. The molecule has 0 aliphatic heterocycles. The number of rotatable bonds is 7. The predicted octanol–water partition coefficient (Wildman–Crippen LogP) is 3.50. The highest BCUT2D eigenvalue weighted by molar-refractivity contribution is 6.29. The lowest BCUT2D eigenvalue weighted by atomic mass is 10.2. The molecule has 0 amide bonds. The first kappa shape index (κ1) is 18.9. The molecule has 142 valence electrons. The largest absolute Gasteiger partial charge is 0.497 e. The molecule has 0 unspecified atom stereocenters. The van der Waals surface area contributed by atoms with Crippen LogP contribution in [0.2, 0.25) is 5.15 Å². The fourth-order valence-electron chi connectivity index (χ4n) is 2.63. The van der Waals surface area contributed by atoms with Crippen molar-refractivity contribution in [1.82, 2.24) is 14.6 Å². The summed E-state index contributed by atoms with van der Waals surface area (Å²) in [5.41, 5.74) is 1.25. The number of hydrogen-bond acceptors (Lipinski definition) is 6. The van der Waals surface area contributed by atoms with Gasteiger partial charge in [-0.3, -0.25) is 0 Å². The van der Waals surface area contributed by atoms with Gasteiger partial charge in [-0.15, -0.1) is 0 Å². The smallest absolute Gasteiger partial charge is 0.343 e. The van der Waals surface area contributed by atoms with Crippen LogP contribution in [-0.4, -0.2) is 41.1 Å². The summed E-state index contributed by atoms with van der Waals surface area (Å²) in [5, 5.41) is 4.29. The second kappa shape index (κ2) is 8.22. The number of anilines is 1. The van der Waals surface area contributed by atoms with Gasteiger partial charge in [-0.1, -0.05) is 23.7 Å². The summed E-state index contributed by atoms with van der Waals surface area (Å²) in [6, 6.07) is 8.78. The predicted molar refractivity (Wildman–Crippen MR) is 99.1 cm³/mol. The normalized spacial score (nSPS) is 10.8. The molecule has 0 saturated carbocycles. The Morgan fingerprint density at radius 1 is 1.33 bits per heavy atom. The third-order valence-corrected chi connectivity index (χ3v) is 4.11. The van der Waals surface area contributed by atoms with E-state index in [0.717, 1.165) is 5.56 Å². The molecule has 0 spiro atoms. The van der Waals surface area contributed by atoms with Crippen molar-refractivity contribution in [3.05, 3.63) is 52.8 Å². The van der Waals surface area contributed by atoms with Gasteiger partial charge in [0.1, 0.15) is 22.3 Å². The zero-order valence-electron chi connectivity index (χ0n) is 14.9. The van der Waals surface area contributed by atoms with Crippen molar-refractivity contribution in [2.24, 2.45) is 0 Å². The first-order chi connectivity index (χ1) is 13.1. The number of methoxy groups -OCH3 is 1. The lowest BCUT2D eigenvalue weighted by Crippen LogP contribution is -2.24. The number of benzene rings is 1. The van der Waals surface area contributed by atoms with Crippen LogP contribution < -0.4 is 9.64 Å². The molecule has 1 aromatic carbocycles. The molecule has 0 aliphatic rings. The Balaban J connectivity index is 1.98. The number of esters is 1. The van der Waals surface area contributed by atoms with E-state index in [-0.39, 0.29) is 29.5 Å². The fraction of sp³-hybridized carbons (Fsp3) is 0.278. The number of alkyl halides is 1. The summed E-state index contributed by atoms with van der Waals surface area (Å²) in [5.74, 6) is 0.528. The second-order valence-electron chi connectivity index (χ2n) is 5.62. The van der Waals surface area contributed by atoms with Crippen molar-refractivity contribution >= 4 is 29.0 Å². The Kier molecular flexibility index (Phi) is 5.75. The van der Waals surface area contributed by atoms with Crippen LogP contribution in [0, 0.1) is 0 Å². The molecule has 0 aliphatic carbocycles. The molecule has 0 atom stereocenters. The maximum absolute atomic E-state index is 13.8. The summed E-state index contributed by atoms with van der Waals surface area (Å²) in [4.78, 5) is 17.7. The highest BCUT2D eigenvalue weighted by Crippen LogP contribution is 2.24. The molecular formula is C18H18ClFN4O3. The van der Waals surface area contributed by atoms with Gasteiger partial charge >= 0.3 is 5.97 Å². The SMILES string of the molecule is CCOC(=O)c1cnn2c(N(CF)Cc3ccc(OC)cc3)cc(Cl)nc12. The van der Waals surface area contributed by atoms with Gasteiger partial charge in [0.05, 0.1) is 19.9 Å². The van der Waals surface area contributed by atoms with Crippen molar-refractivity contribution < 1.29 is 18.7 Å². The fourth-order valence-corrected chi connectivity index (χ4v) is 2.81. The van der Waals surface area contributed by atoms with Gasteiger partial charge in [0.2, 0.25) is 0 Å². The maximum atomic E-state index is 13.8. The standard InChI is InChI=1S/C18H18ClFN4O3/c1-3-27-18(25)14-9-21-24-16(8-15(19)22-17(14)24)23(11-20)10-12-4-6-13(26-2)7-5-12/h4-9H,3,10-11H2,1-2H3. The Bertz CT molecular complexity index is 946. The van der Waals surface area contributed by atoms with E-state index in [1.807, 2.05) is 12.1 Å². The summed E-state index contributed by atoms with van der Waals surface area (Å²) < 4.78 is 25.3. The molecule has 0 bridgehead atoms. The Morgan fingerprint density at radius 2 is 2.07 bits per heavy atom. The molecule has 0 fully saturated rings.